The molecule has 1 aromatic carbocycles. The Bertz CT molecular complexity index is 604. The highest BCUT2D eigenvalue weighted by atomic mass is 19.1. The van der Waals surface area contributed by atoms with E-state index in [4.69, 9.17) is 0 Å². The number of hydrogen-bond donors (Lipinski definition) is 3. The van der Waals surface area contributed by atoms with Crippen LogP contribution in [-0.2, 0) is 14.3 Å². The number of amides is 4. The summed E-state index contributed by atoms with van der Waals surface area (Å²) in [5, 5.41) is 6.66. The molecule has 4 amide bonds. The Kier molecular flexibility index (Phi) is 7.89. The SMILES string of the molecule is CCCNC(=O)NC(=O)COC(=O)CNC(=O)c1ccc(F)cc1. The van der Waals surface area contributed by atoms with Gasteiger partial charge >= 0.3 is 12.0 Å². The number of benzene rings is 1. The molecule has 0 aliphatic heterocycles. The van der Waals surface area contributed by atoms with Gasteiger partial charge in [-0.25, -0.2) is 9.18 Å². The van der Waals surface area contributed by atoms with Crippen molar-refractivity contribution < 1.29 is 28.3 Å². The number of esters is 1. The molecule has 3 N–H and O–H groups in total. The maximum absolute atomic E-state index is 12.7. The van der Waals surface area contributed by atoms with Gasteiger partial charge in [0.05, 0.1) is 0 Å². The van der Waals surface area contributed by atoms with E-state index in [1.807, 2.05) is 12.2 Å². The summed E-state index contributed by atoms with van der Waals surface area (Å²) in [5.41, 5.74) is 0.175. The molecule has 1 aromatic rings. The minimum absolute atomic E-state index is 0.175. The first kappa shape index (κ1) is 19.1. The van der Waals surface area contributed by atoms with Crippen molar-refractivity contribution in [3.63, 3.8) is 0 Å². The first-order chi connectivity index (χ1) is 11.4. The van der Waals surface area contributed by atoms with Gasteiger partial charge in [-0.15, -0.1) is 0 Å². The molecule has 0 aromatic heterocycles. The number of nitrogens with one attached hydrogen (secondary N) is 3. The van der Waals surface area contributed by atoms with Crippen molar-refractivity contribution in [3.05, 3.63) is 35.6 Å². The van der Waals surface area contributed by atoms with Gasteiger partial charge in [-0.05, 0) is 30.7 Å². The average molecular weight is 339 g/mol. The first-order valence-corrected chi connectivity index (χ1v) is 7.19. The Morgan fingerprint density at radius 3 is 2.38 bits per heavy atom. The van der Waals surface area contributed by atoms with Crippen LogP contribution in [0.3, 0.4) is 0 Å². The van der Waals surface area contributed by atoms with E-state index in [9.17, 15) is 23.6 Å². The molecule has 0 saturated carbocycles. The van der Waals surface area contributed by atoms with E-state index in [0.29, 0.717) is 13.0 Å². The summed E-state index contributed by atoms with van der Waals surface area (Å²) in [6.07, 6.45) is 0.713. The van der Waals surface area contributed by atoms with E-state index >= 15 is 0 Å². The van der Waals surface area contributed by atoms with E-state index in [1.165, 1.54) is 12.1 Å². The zero-order valence-electron chi connectivity index (χ0n) is 13.1. The highest BCUT2D eigenvalue weighted by molar-refractivity contribution is 5.97. The lowest BCUT2D eigenvalue weighted by Crippen LogP contribution is -2.42. The summed E-state index contributed by atoms with van der Waals surface area (Å²) < 4.78 is 17.3. The van der Waals surface area contributed by atoms with Crippen LogP contribution in [0.25, 0.3) is 0 Å². The van der Waals surface area contributed by atoms with Gasteiger partial charge in [0, 0.05) is 12.1 Å². The molecule has 0 aliphatic rings. The average Bonchev–Trinajstić information content (AvgIpc) is 2.56. The maximum atomic E-state index is 12.7. The van der Waals surface area contributed by atoms with Gasteiger partial charge in [0.1, 0.15) is 12.4 Å². The summed E-state index contributed by atoms with van der Waals surface area (Å²) in [6.45, 7) is 1.15. The largest absolute Gasteiger partial charge is 0.454 e. The van der Waals surface area contributed by atoms with Crippen LogP contribution in [-0.4, -0.2) is 43.5 Å². The third-order valence-electron chi connectivity index (χ3n) is 2.65. The van der Waals surface area contributed by atoms with Crippen LogP contribution in [0, 0.1) is 5.82 Å². The van der Waals surface area contributed by atoms with E-state index < -0.39 is 42.8 Å². The Hall–Kier alpha value is -2.97. The van der Waals surface area contributed by atoms with Crippen LogP contribution >= 0.6 is 0 Å². The van der Waals surface area contributed by atoms with Crippen molar-refractivity contribution in [2.24, 2.45) is 0 Å². The molecule has 0 unspecified atom stereocenters. The number of halogens is 1. The molecule has 9 heteroatoms. The minimum Gasteiger partial charge on any atom is -0.454 e. The lowest BCUT2D eigenvalue weighted by Gasteiger charge is -2.07. The van der Waals surface area contributed by atoms with Gasteiger partial charge in [0.15, 0.2) is 6.61 Å². The Morgan fingerprint density at radius 1 is 1.08 bits per heavy atom. The molecule has 8 nitrogen and oxygen atoms in total. The van der Waals surface area contributed by atoms with Crippen LogP contribution in [0.2, 0.25) is 0 Å². The number of carbonyl (C=O) groups excluding carboxylic acids is 4. The zero-order valence-corrected chi connectivity index (χ0v) is 13.1. The predicted octanol–water partition coefficient (Wildman–Crippen LogP) is 0.334. The van der Waals surface area contributed by atoms with Crippen LogP contribution in [0.4, 0.5) is 9.18 Å². The Balaban J connectivity index is 2.26. The fourth-order valence-electron chi connectivity index (χ4n) is 1.50. The molecule has 24 heavy (non-hydrogen) atoms. The van der Waals surface area contributed by atoms with Gasteiger partial charge in [0.25, 0.3) is 11.8 Å². The summed E-state index contributed by atoms with van der Waals surface area (Å²) in [5.74, 6) is -2.72. The second-order valence-electron chi connectivity index (χ2n) is 4.65. The fraction of sp³-hybridized carbons (Fsp3) is 0.333. The maximum Gasteiger partial charge on any atom is 0.325 e. The molecule has 0 fully saturated rings. The Morgan fingerprint density at radius 2 is 1.75 bits per heavy atom. The van der Waals surface area contributed by atoms with Crippen LogP contribution < -0.4 is 16.0 Å². The highest BCUT2D eigenvalue weighted by Crippen LogP contribution is 2.02. The number of carbonyl (C=O) groups is 4. The number of hydrogen-bond acceptors (Lipinski definition) is 5. The molecule has 0 radical (unpaired) electrons. The van der Waals surface area contributed by atoms with E-state index in [2.05, 4.69) is 15.4 Å². The van der Waals surface area contributed by atoms with E-state index in [-0.39, 0.29) is 5.56 Å². The third-order valence-corrected chi connectivity index (χ3v) is 2.65. The summed E-state index contributed by atoms with van der Waals surface area (Å²) >= 11 is 0. The molecule has 0 spiro atoms. The molecule has 0 heterocycles. The normalized spacial score (nSPS) is 9.75. The summed E-state index contributed by atoms with van der Waals surface area (Å²) in [6, 6.07) is 4.07. The van der Waals surface area contributed by atoms with Crippen molar-refractivity contribution in [1.29, 1.82) is 0 Å². The van der Waals surface area contributed by atoms with Crippen LogP contribution in [0.5, 0.6) is 0 Å². The lowest BCUT2D eigenvalue weighted by molar-refractivity contribution is -0.147. The van der Waals surface area contributed by atoms with Crippen molar-refractivity contribution in [2.75, 3.05) is 19.7 Å². The van der Waals surface area contributed by atoms with Gasteiger partial charge in [-0.3, -0.25) is 19.7 Å². The topological polar surface area (TPSA) is 114 Å². The molecular formula is C15H18FN3O5. The number of imide groups is 1. The fourth-order valence-corrected chi connectivity index (χ4v) is 1.50. The molecule has 130 valence electrons. The molecule has 0 saturated heterocycles. The second kappa shape index (κ2) is 9.93. The van der Waals surface area contributed by atoms with Crippen molar-refractivity contribution in [3.8, 4) is 0 Å². The van der Waals surface area contributed by atoms with Gasteiger partial charge < -0.3 is 15.4 Å². The molecule has 0 aliphatic carbocycles. The van der Waals surface area contributed by atoms with Gasteiger partial charge in [-0.2, -0.15) is 0 Å². The van der Waals surface area contributed by atoms with Crippen molar-refractivity contribution >= 4 is 23.8 Å². The van der Waals surface area contributed by atoms with Crippen molar-refractivity contribution in [1.82, 2.24) is 16.0 Å². The molecule has 0 atom stereocenters. The minimum atomic E-state index is -0.852. The molecule has 0 bridgehead atoms. The Labute approximate surface area is 137 Å². The summed E-state index contributed by atoms with van der Waals surface area (Å²) in [4.78, 5) is 45.6. The smallest absolute Gasteiger partial charge is 0.325 e. The zero-order chi connectivity index (χ0) is 17.9. The monoisotopic (exact) mass is 339 g/mol. The second-order valence-corrected chi connectivity index (χ2v) is 4.65. The van der Waals surface area contributed by atoms with Gasteiger partial charge in [0.2, 0.25) is 0 Å². The number of rotatable bonds is 7. The number of urea groups is 1. The van der Waals surface area contributed by atoms with E-state index in [0.717, 1.165) is 12.1 Å². The molecular weight excluding hydrogens is 321 g/mol. The predicted molar refractivity (Wildman–Crippen MR) is 81.5 cm³/mol. The van der Waals surface area contributed by atoms with Crippen LogP contribution in [0.15, 0.2) is 24.3 Å². The molecule has 1 rings (SSSR count). The van der Waals surface area contributed by atoms with Crippen molar-refractivity contribution in [2.45, 2.75) is 13.3 Å². The third kappa shape index (κ3) is 7.34. The quantitative estimate of drug-likeness (QED) is 0.620. The standard InChI is InChI=1S/C15H18FN3O5/c1-2-7-17-15(23)19-12(20)9-24-13(21)8-18-14(22)10-3-5-11(16)6-4-10/h3-6H,2,7-9H2,1H3,(H,18,22)(H2,17,19,20,23). The summed E-state index contributed by atoms with van der Waals surface area (Å²) in [7, 11) is 0. The van der Waals surface area contributed by atoms with E-state index in [1.54, 1.807) is 0 Å². The lowest BCUT2D eigenvalue weighted by atomic mass is 10.2. The highest BCUT2D eigenvalue weighted by Gasteiger charge is 2.12. The van der Waals surface area contributed by atoms with Crippen LogP contribution in [0.1, 0.15) is 23.7 Å². The first-order valence-electron chi connectivity index (χ1n) is 7.19. The van der Waals surface area contributed by atoms with Gasteiger partial charge in [-0.1, -0.05) is 6.92 Å². The number of ether oxygens (including phenoxy) is 1.